The molecule has 2 saturated heterocycles. The van der Waals surface area contributed by atoms with E-state index < -0.39 is 11.8 Å². The summed E-state index contributed by atoms with van der Waals surface area (Å²) in [6, 6.07) is 4.00. The van der Waals surface area contributed by atoms with E-state index >= 15 is 0 Å². The third kappa shape index (κ3) is 4.28. The Morgan fingerprint density at radius 1 is 1.22 bits per heavy atom. The molecule has 0 spiro atoms. The molecule has 1 aromatic carbocycles. The lowest BCUT2D eigenvalue weighted by atomic mass is 9.76. The van der Waals surface area contributed by atoms with Gasteiger partial charge in [0.2, 0.25) is 5.91 Å². The van der Waals surface area contributed by atoms with Gasteiger partial charge in [0, 0.05) is 31.5 Å². The highest BCUT2D eigenvalue weighted by Crippen LogP contribution is 2.38. The summed E-state index contributed by atoms with van der Waals surface area (Å²) in [5.41, 5.74) is 0.211. The molecule has 6 nitrogen and oxygen atoms in total. The zero-order chi connectivity index (χ0) is 19.6. The fourth-order valence-corrected chi connectivity index (χ4v) is 4.24. The highest BCUT2D eigenvalue weighted by Gasteiger charge is 2.41. The van der Waals surface area contributed by atoms with Crippen molar-refractivity contribution in [3.8, 4) is 5.75 Å². The average molecular weight is 377 g/mol. The number of aliphatic carboxylic acids is 1. The molecule has 1 aromatic rings. The highest BCUT2D eigenvalue weighted by atomic mass is 19.1. The van der Waals surface area contributed by atoms with Crippen LogP contribution in [0.25, 0.3) is 0 Å². The standard InChI is InChI=1S/C20H24FNO5/c1-27-18-6-4-13(9-16(18)21)17(23)5-7-19(24)22-10-12-2-3-14(11-22)15(8-12)20(25)26/h4,6,9,12,14-15H,2-3,5,7-8,10-11H2,1H3,(H,25,26). The first-order chi connectivity index (χ1) is 12.9. The fourth-order valence-electron chi connectivity index (χ4n) is 4.24. The normalized spacial score (nSPS) is 24.4. The molecule has 2 aliphatic heterocycles. The van der Waals surface area contributed by atoms with Crippen molar-refractivity contribution in [3.63, 3.8) is 0 Å². The van der Waals surface area contributed by atoms with Crippen molar-refractivity contribution < 1.29 is 28.6 Å². The van der Waals surface area contributed by atoms with E-state index in [1.807, 2.05) is 0 Å². The van der Waals surface area contributed by atoms with E-state index in [2.05, 4.69) is 0 Å². The quantitative estimate of drug-likeness (QED) is 0.771. The Kier molecular flexibility index (Phi) is 5.77. The van der Waals surface area contributed by atoms with Crippen molar-refractivity contribution in [2.75, 3.05) is 20.2 Å². The second-order valence-corrected chi connectivity index (χ2v) is 7.46. The van der Waals surface area contributed by atoms with E-state index in [1.54, 1.807) is 4.90 Å². The van der Waals surface area contributed by atoms with E-state index in [-0.39, 0.29) is 53.6 Å². The summed E-state index contributed by atoms with van der Waals surface area (Å²) in [6.07, 6.45) is 2.44. The molecule has 3 atom stereocenters. The van der Waals surface area contributed by atoms with Crippen molar-refractivity contribution >= 4 is 17.7 Å². The lowest BCUT2D eigenvalue weighted by molar-refractivity contribution is -0.145. The first-order valence-electron chi connectivity index (χ1n) is 9.26. The van der Waals surface area contributed by atoms with Crippen molar-refractivity contribution in [1.82, 2.24) is 4.90 Å². The van der Waals surface area contributed by atoms with Gasteiger partial charge in [0.25, 0.3) is 0 Å². The van der Waals surface area contributed by atoms with Crippen molar-refractivity contribution in [2.45, 2.75) is 32.1 Å². The number of carbonyl (C=O) groups excluding carboxylic acids is 2. The molecule has 3 aliphatic rings. The van der Waals surface area contributed by atoms with E-state index in [0.717, 1.165) is 18.9 Å². The fraction of sp³-hybridized carbons (Fsp3) is 0.550. The minimum absolute atomic E-state index is 0.00120. The van der Waals surface area contributed by atoms with Crippen LogP contribution in [0.2, 0.25) is 0 Å². The van der Waals surface area contributed by atoms with Crippen molar-refractivity contribution in [1.29, 1.82) is 0 Å². The highest BCUT2D eigenvalue weighted by molar-refractivity contribution is 5.98. The van der Waals surface area contributed by atoms with Gasteiger partial charge < -0.3 is 14.7 Å². The predicted octanol–water partition coefficient (Wildman–Crippen LogP) is 2.76. The van der Waals surface area contributed by atoms with Gasteiger partial charge in [-0.3, -0.25) is 14.4 Å². The smallest absolute Gasteiger partial charge is 0.306 e. The van der Waals surface area contributed by atoms with Gasteiger partial charge in [-0.05, 0) is 49.3 Å². The number of Topliss-reactive ketones (excluding diaryl/α,β-unsaturated/α-hetero) is 1. The Bertz CT molecular complexity index is 750. The molecule has 1 amide bonds. The predicted molar refractivity (Wildman–Crippen MR) is 95.1 cm³/mol. The number of fused-ring (bicyclic) bond motifs is 4. The number of amides is 1. The molecule has 4 rings (SSSR count). The molecular formula is C20H24FNO5. The Hall–Kier alpha value is -2.44. The minimum atomic E-state index is -0.782. The van der Waals surface area contributed by atoms with E-state index in [4.69, 9.17) is 4.74 Å². The molecule has 27 heavy (non-hydrogen) atoms. The Morgan fingerprint density at radius 2 is 2.00 bits per heavy atom. The molecule has 1 N–H and O–H groups in total. The number of hydrogen-bond donors (Lipinski definition) is 1. The van der Waals surface area contributed by atoms with Crippen LogP contribution in [-0.2, 0) is 9.59 Å². The summed E-state index contributed by atoms with van der Waals surface area (Å²) in [6.45, 7) is 1.00. The molecule has 1 aliphatic carbocycles. The van der Waals surface area contributed by atoms with Gasteiger partial charge in [-0.2, -0.15) is 0 Å². The zero-order valence-corrected chi connectivity index (χ0v) is 15.3. The minimum Gasteiger partial charge on any atom is -0.494 e. The number of benzene rings is 1. The van der Waals surface area contributed by atoms with Crippen LogP contribution >= 0.6 is 0 Å². The molecule has 3 fully saturated rings. The van der Waals surface area contributed by atoms with Gasteiger partial charge in [0.1, 0.15) is 0 Å². The van der Waals surface area contributed by atoms with Crippen LogP contribution in [0, 0.1) is 23.6 Å². The SMILES string of the molecule is COc1ccc(C(=O)CCC(=O)N2CC3CCC(C2)C(C(=O)O)C3)cc1F. The molecular weight excluding hydrogens is 353 g/mol. The summed E-state index contributed by atoms with van der Waals surface area (Å²) >= 11 is 0. The van der Waals surface area contributed by atoms with Gasteiger partial charge in [-0.15, -0.1) is 0 Å². The van der Waals surface area contributed by atoms with Crippen molar-refractivity contribution in [3.05, 3.63) is 29.6 Å². The maximum absolute atomic E-state index is 13.7. The molecule has 0 aromatic heterocycles. The summed E-state index contributed by atoms with van der Waals surface area (Å²) in [7, 11) is 1.35. The molecule has 2 bridgehead atoms. The summed E-state index contributed by atoms with van der Waals surface area (Å²) in [4.78, 5) is 38.0. The first kappa shape index (κ1) is 19.3. The van der Waals surface area contributed by atoms with Gasteiger partial charge in [-0.25, -0.2) is 4.39 Å². The van der Waals surface area contributed by atoms with E-state index in [1.165, 1.54) is 19.2 Å². The third-order valence-electron chi connectivity index (χ3n) is 5.75. The number of carboxylic acid groups (broad SMARTS) is 1. The molecule has 7 heteroatoms. The number of rotatable bonds is 6. The van der Waals surface area contributed by atoms with Crippen LogP contribution in [0.1, 0.15) is 42.5 Å². The molecule has 0 radical (unpaired) electrons. The van der Waals surface area contributed by atoms with Gasteiger partial charge in [0.15, 0.2) is 17.3 Å². The van der Waals surface area contributed by atoms with E-state index in [9.17, 15) is 23.9 Å². The number of methoxy groups -OCH3 is 1. The first-order valence-corrected chi connectivity index (χ1v) is 9.26. The van der Waals surface area contributed by atoms with Crippen LogP contribution in [-0.4, -0.2) is 47.9 Å². The number of ether oxygens (including phenoxy) is 1. The lowest BCUT2D eigenvalue weighted by Crippen LogP contribution is -2.36. The molecule has 1 saturated carbocycles. The monoisotopic (exact) mass is 377 g/mol. The topological polar surface area (TPSA) is 83.9 Å². The van der Waals surface area contributed by atoms with Gasteiger partial charge >= 0.3 is 5.97 Å². The number of nitrogens with zero attached hydrogens (tertiary/aromatic N) is 1. The number of carboxylic acids is 1. The lowest BCUT2D eigenvalue weighted by Gasteiger charge is -2.28. The number of halogens is 1. The second-order valence-electron chi connectivity index (χ2n) is 7.46. The number of carbonyl (C=O) groups is 3. The van der Waals surface area contributed by atoms with Crippen molar-refractivity contribution in [2.24, 2.45) is 17.8 Å². The average Bonchev–Trinajstić information content (AvgIpc) is 2.97. The van der Waals surface area contributed by atoms with Crippen LogP contribution in [0.5, 0.6) is 5.75 Å². The summed E-state index contributed by atoms with van der Waals surface area (Å²) in [5.74, 6) is -1.96. The Morgan fingerprint density at radius 3 is 2.67 bits per heavy atom. The van der Waals surface area contributed by atoms with Crippen LogP contribution in [0.4, 0.5) is 4.39 Å². The summed E-state index contributed by atoms with van der Waals surface area (Å²) < 4.78 is 18.6. The maximum Gasteiger partial charge on any atom is 0.306 e. The van der Waals surface area contributed by atoms with Crippen LogP contribution < -0.4 is 4.74 Å². The maximum atomic E-state index is 13.7. The van der Waals surface area contributed by atoms with Crippen LogP contribution in [0.15, 0.2) is 18.2 Å². The molecule has 3 unspecified atom stereocenters. The summed E-state index contributed by atoms with van der Waals surface area (Å²) in [5, 5.41) is 9.38. The van der Waals surface area contributed by atoms with Gasteiger partial charge in [0.05, 0.1) is 13.0 Å². The largest absolute Gasteiger partial charge is 0.494 e. The molecule has 2 heterocycles. The van der Waals surface area contributed by atoms with Crippen LogP contribution in [0.3, 0.4) is 0 Å². The molecule has 146 valence electrons. The Labute approximate surface area is 157 Å². The van der Waals surface area contributed by atoms with E-state index in [0.29, 0.717) is 19.5 Å². The third-order valence-corrected chi connectivity index (χ3v) is 5.75. The Balaban J connectivity index is 1.58. The second kappa shape index (κ2) is 8.06. The number of ketones is 1. The number of hydrogen-bond acceptors (Lipinski definition) is 4. The zero-order valence-electron chi connectivity index (χ0n) is 15.3. The van der Waals surface area contributed by atoms with Gasteiger partial charge in [-0.1, -0.05) is 0 Å².